The number of nitrogens with two attached hydrogens (primary N) is 1. The predicted octanol–water partition coefficient (Wildman–Crippen LogP) is 3.03. The van der Waals surface area contributed by atoms with Crippen LogP contribution in [-0.4, -0.2) is 23.7 Å². The van der Waals surface area contributed by atoms with Crippen molar-refractivity contribution in [3.8, 4) is 0 Å². The molecule has 0 saturated heterocycles. The molecule has 1 aliphatic carbocycles. The molecule has 3 atom stereocenters. The van der Waals surface area contributed by atoms with Gasteiger partial charge in [0.05, 0.1) is 6.10 Å². The van der Waals surface area contributed by atoms with Gasteiger partial charge in [0.2, 0.25) is 0 Å². The zero-order valence-electron chi connectivity index (χ0n) is 12.1. The second-order valence-corrected chi connectivity index (χ2v) is 5.41. The minimum Gasteiger partial charge on any atom is -0.377 e. The van der Waals surface area contributed by atoms with Crippen LogP contribution in [0.5, 0.6) is 0 Å². The van der Waals surface area contributed by atoms with E-state index in [1.54, 1.807) is 0 Å². The van der Waals surface area contributed by atoms with Crippen molar-refractivity contribution in [2.75, 3.05) is 6.61 Å². The monoisotopic (exact) mass is 262 g/mol. The molecule has 2 rings (SSSR count). The van der Waals surface area contributed by atoms with Crippen LogP contribution in [0.2, 0.25) is 0 Å². The number of rotatable bonds is 6. The van der Waals surface area contributed by atoms with E-state index in [0.717, 1.165) is 32.3 Å². The molecule has 1 aromatic rings. The summed E-state index contributed by atoms with van der Waals surface area (Å²) in [6.07, 6.45) is 7.68. The zero-order chi connectivity index (χ0) is 13.7. The van der Waals surface area contributed by atoms with Crippen molar-refractivity contribution in [1.82, 2.24) is 4.98 Å². The highest BCUT2D eigenvalue weighted by Crippen LogP contribution is 2.33. The summed E-state index contributed by atoms with van der Waals surface area (Å²) in [4.78, 5) is 4.59. The highest BCUT2D eigenvalue weighted by Gasteiger charge is 2.31. The molecule has 1 aliphatic rings. The molecule has 0 bridgehead atoms. The molecule has 0 aliphatic heterocycles. The van der Waals surface area contributed by atoms with Gasteiger partial charge in [-0.15, -0.1) is 0 Å². The first-order valence-electron chi connectivity index (χ1n) is 7.58. The summed E-state index contributed by atoms with van der Waals surface area (Å²) in [5.41, 5.74) is 9.10. The van der Waals surface area contributed by atoms with Gasteiger partial charge in [-0.3, -0.25) is 4.98 Å². The van der Waals surface area contributed by atoms with Gasteiger partial charge in [0.25, 0.3) is 0 Å². The Morgan fingerprint density at radius 2 is 2.32 bits per heavy atom. The lowest BCUT2D eigenvalue weighted by molar-refractivity contribution is 0.0293. The third-order valence-electron chi connectivity index (χ3n) is 4.09. The summed E-state index contributed by atoms with van der Waals surface area (Å²) < 4.78 is 5.86. The first kappa shape index (κ1) is 14.5. The molecule has 2 N–H and O–H groups in total. The summed E-state index contributed by atoms with van der Waals surface area (Å²) >= 11 is 0. The molecule has 0 amide bonds. The lowest BCUT2D eigenvalue weighted by Gasteiger charge is -2.33. The van der Waals surface area contributed by atoms with Crippen molar-refractivity contribution in [1.29, 1.82) is 0 Å². The molecule has 0 saturated carbocycles. The third kappa shape index (κ3) is 3.34. The highest BCUT2D eigenvalue weighted by molar-refractivity contribution is 5.27. The summed E-state index contributed by atoms with van der Waals surface area (Å²) in [7, 11) is 0. The molecule has 1 aromatic heterocycles. The second kappa shape index (κ2) is 7.01. The molecule has 3 heteroatoms. The van der Waals surface area contributed by atoms with E-state index in [9.17, 15) is 0 Å². The van der Waals surface area contributed by atoms with Gasteiger partial charge in [0, 0.05) is 30.5 Å². The first-order chi connectivity index (χ1) is 9.27. The Labute approximate surface area is 116 Å². The molecule has 3 unspecified atom stereocenters. The number of fused-ring (bicyclic) bond motifs is 1. The van der Waals surface area contributed by atoms with Crippen molar-refractivity contribution in [2.45, 2.75) is 64.0 Å². The van der Waals surface area contributed by atoms with Gasteiger partial charge in [-0.2, -0.15) is 0 Å². The van der Waals surface area contributed by atoms with Crippen LogP contribution in [0.15, 0.2) is 18.3 Å². The van der Waals surface area contributed by atoms with Crippen LogP contribution < -0.4 is 5.73 Å². The Balaban J connectivity index is 2.16. The third-order valence-corrected chi connectivity index (χ3v) is 4.09. The van der Waals surface area contributed by atoms with E-state index in [2.05, 4.69) is 18.0 Å². The zero-order valence-corrected chi connectivity index (χ0v) is 12.1. The molecule has 0 spiro atoms. The van der Waals surface area contributed by atoms with Crippen molar-refractivity contribution < 1.29 is 4.74 Å². The van der Waals surface area contributed by atoms with Crippen LogP contribution in [-0.2, 0) is 11.2 Å². The molecule has 0 fully saturated rings. The highest BCUT2D eigenvalue weighted by atomic mass is 16.5. The summed E-state index contributed by atoms with van der Waals surface area (Å²) in [6.45, 7) is 4.97. The van der Waals surface area contributed by atoms with Crippen LogP contribution in [0.1, 0.15) is 56.7 Å². The summed E-state index contributed by atoms with van der Waals surface area (Å²) in [5.74, 6) is 0.355. The van der Waals surface area contributed by atoms with E-state index < -0.39 is 0 Å². The second-order valence-electron chi connectivity index (χ2n) is 5.41. The maximum absolute atomic E-state index is 6.51. The normalized spacial score (nSPS) is 21.7. The van der Waals surface area contributed by atoms with Gasteiger partial charge in [-0.05, 0) is 44.2 Å². The smallest absolute Gasteiger partial charge is 0.0732 e. The van der Waals surface area contributed by atoms with Crippen LogP contribution in [0.4, 0.5) is 0 Å². The fourth-order valence-electron chi connectivity index (χ4n) is 3.16. The van der Waals surface area contributed by atoms with E-state index in [1.165, 1.54) is 17.7 Å². The first-order valence-corrected chi connectivity index (χ1v) is 7.58. The SMILES string of the molecule is CCCC(OCC)C(N)C1CCCc2cccnc21. The minimum atomic E-state index is 0.0637. The largest absolute Gasteiger partial charge is 0.377 e. The summed E-state index contributed by atoms with van der Waals surface area (Å²) in [5, 5.41) is 0. The maximum Gasteiger partial charge on any atom is 0.0732 e. The van der Waals surface area contributed by atoms with E-state index in [0.29, 0.717) is 5.92 Å². The Kier molecular flexibility index (Phi) is 5.34. The van der Waals surface area contributed by atoms with Crippen molar-refractivity contribution in [2.24, 2.45) is 5.73 Å². The number of hydrogen-bond donors (Lipinski definition) is 1. The fourth-order valence-corrected chi connectivity index (χ4v) is 3.16. The molecule has 106 valence electrons. The standard InChI is InChI=1S/C16H26N2O/c1-3-7-14(19-4-2)15(17)13-10-5-8-12-9-6-11-18-16(12)13/h6,9,11,13-15H,3-5,7-8,10,17H2,1-2H3. The van der Waals surface area contributed by atoms with Crippen LogP contribution in [0, 0.1) is 0 Å². The summed E-state index contributed by atoms with van der Waals surface area (Å²) in [6, 6.07) is 4.28. The number of aryl methyl sites for hydroxylation is 1. The van der Waals surface area contributed by atoms with E-state index in [4.69, 9.17) is 10.5 Å². The Morgan fingerprint density at radius 3 is 3.05 bits per heavy atom. The maximum atomic E-state index is 6.51. The molecule has 0 aromatic carbocycles. The average molecular weight is 262 g/mol. The van der Waals surface area contributed by atoms with Gasteiger partial charge in [0.1, 0.15) is 0 Å². The van der Waals surface area contributed by atoms with Crippen molar-refractivity contribution in [3.63, 3.8) is 0 Å². The van der Waals surface area contributed by atoms with Crippen LogP contribution in [0.3, 0.4) is 0 Å². The van der Waals surface area contributed by atoms with Gasteiger partial charge in [-0.1, -0.05) is 19.4 Å². The fraction of sp³-hybridized carbons (Fsp3) is 0.688. The predicted molar refractivity (Wildman–Crippen MR) is 78.2 cm³/mol. The van der Waals surface area contributed by atoms with Crippen LogP contribution in [0.25, 0.3) is 0 Å². The minimum absolute atomic E-state index is 0.0637. The average Bonchev–Trinajstić information content (AvgIpc) is 2.46. The molecule has 1 heterocycles. The number of ether oxygens (including phenoxy) is 1. The van der Waals surface area contributed by atoms with Gasteiger partial charge in [-0.25, -0.2) is 0 Å². The Hall–Kier alpha value is -0.930. The topological polar surface area (TPSA) is 48.1 Å². The number of nitrogens with zero attached hydrogens (tertiary/aromatic N) is 1. The molecular weight excluding hydrogens is 236 g/mol. The van der Waals surface area contributed by atoms with Gasteiger partial charge < -0.3 is 10.5 Å². The number of aromatic nitrogens is 1. The van der Waals surface area contributed by atoms with Crippen molar-refractivity contribution in [3.05, 3.63) is 29.6 Å². The lowest BCUT2D eigenvalue weighted by atomic mass is 9.80. The van der Waals surface area contributed by atoms with E-state index in [-0.39, 0.29) is 12.1 Å². The number of pyridine rings is 1. The molecule has 0 radical (unpaired) electrons. The number of hydrogen-bond acceptors (Lipinski definition) is 3. The Morgan fingerprint density at radius 1 is 1.47 bits per heavy atom. The van der Waals surface area contributed by atoms with E-state index in [1.807, 2.05) is 19.2 Å². The van der Waals surface area contributed by atoms with Crippen LogP contribution >= 0.6 is 0 Å². The molecule has 19 heavy (non-hydrogen) atoms. The quantitative estimate of drug-likeness (QED) is 0.857. The van der Waals surface area contributed by atoms with Gasteiger partial charge >= 0.3 is 0 Å². The Bertz CT molecular complexity index is 388. The van der Waals surface area contributed by atoms with E-state index >= 15 is 0 Å². The molecular formula is C16H26N2O. The van der Waals surface area contributed by atoms with Gasteiger partial charge in [0.15, 0.2) is 0 Å². The van der Waals surface area contributed by atoms with Crippen molar-refractivity contribution >= 4 is 0 Å². The molecule has 3 nitrogen and oxygen atoms in total. The lowest BCUT2D eigenvalue weighted by Crippen LogP contribution is -2.43.